The molecule has 18 heavy (non-hydrogen) atoms. The van der Waals surface area contributed by atoms with Gasteiger partial charge in [-0.3, -0.25) is 0 Å². The van der Waals surface area contributed by atoms with Gasteiger partial charge in [-0.2, -0.15) is 0 Å². The van der Waals surface area contributed by atoms with Crippen molar-refractivity contribution in [2.45, 2.75) is 25.8 Å². The minimum absolute atomic E-state index is 0.129. The third-order valence-electron chi connectivity index (χ3n) is 2.94. The third-order valence-corrected chi connectivity index (χ3v) is 3.55. The van der Waals surface area contributed by atoms with Crippen LogP contribution in [0.3, 0.4) is 0 Å². The second-order valence-electron chi connectivity index (χ2n) is 4.21. The number of aryl methyl sites for hydroxylation is 1. The average Bonchev–Trinajstić information content (AvgIpc) is 2.82. The number of benzene rings is 1. The van der Waals surface area contributed by atoms with Crippen LogP contribution in [-0.4, -0.2) is 0 Å². The molecule has 0 aliphatic rings. The first-order valence-corrected chi connectivity index (χ1v) is 6.67. The molecule has 0 aliphatic heterocycles. The van der Waals surface area contributed by atoms with E-state index in [1.165, 1.54) is 6.07 Å². The molecule has 1 aromatic heterocycles. The van der Waals surface area contributed by atoms with Crippen molar-refractivity contribution in [3.63, 3.8) is 0 Å². The molecule has 0 aliphatic carbocycles. The Morgan fingerprint density at radius 2 is 2.17 bits per heavy atom. The normalized spacial score (nSPS) is 12.7. The summed E-state index contributed by atoms with van der Waals surface area (Å²) in [5.74, 6) is 0.661. The Balaban J connectivity index is 2.16. The van der Waals surface area contributed by atoms with Crippen molar-refractivity contribution in [3.8, 4) is 0 Å². The molecule has 1 unspecified atom stereocenters. The van der Waals surface area contributed by atoms with Crippen LogP contribution in [0, 0.1) is 5.82 Å². The molecule has 2 aromatic rings. The molecule has 0 bridgehead atoms. The maximum absolute atomic E-state index is 13.1. The van der Waals surface area contributed by atoms with Gasteiger partial charge >= 0.3 is 0 Å². The minimum Gasteiger partial charge on any atom is -0.469 e. The molecular formula is C14H15BrFNO. The van der Waals surface area contributed by atoms with E-state index in [1.807, 2.05) is 13.0 Å². The number of nitrogens with two attached hydrogens (primary N) is 1. The van der Waals surface area contributed by atoms with E-state index in [-0.39, 0.29) is 11.9 Å². The second-order valence-corrected chi connectivity index (χ2v) is 5.07. The van der Waals surface area contributed by atoms with Gasteiger partial charge in [-0.05, 0) is 46.1 Å². The van der Waals surface area contributed by atoms with Crippen molar-refractivity contribution >= 4 is 15.9 Å². The first-order chi connectivity index (χ1) is 8.61. The zero-order valence-electron chi connectivity index (χ0n) is 10.1. The quantitative estimate of drug-likeness (QED) is 0.927. The summed E-state index contributed by atoms with van der Waals surface area (Å²) in [5.41, 5.74) is 8.19. The van der Waals surface area contributed by atoms with Crippen LogP contribution in [0.1, 0.15) is 29.9 Å². The maximum Gasteiger partial charge on any atom is 0.137 e. The zero-order chi connectivity index (χ0) is 13.1. The summed E-state index contributed by atoms with van der Waals surface area (Å²) in [4.78, 5) is 0. The molecule has 0 saturated carbocycles. The highest BCUT2D eigenvalue weighted by atomic mass is 79.9. The highest BCUT2D eigenvalue weighted by molar-refractivity contribution is 9.10. The molecule has 96 valence electrons. The van der Waals surface area contributed by atoms with E-state index in [4.69, 9.17) is 10.2 Å². The van der Waals surface area contributed by atoms with Crippen LogP contribution in [0.2, 0.25) is 0 Å². The van der Waals surface area contributed by atoms with Crippen LogP contribution in [0.5, 0.6) is 0 Å². The van der Waals surface area contributed by atoms with E-state index in [9.17, 15) is 4.39 Å². The summed E-state index contributed by atoms with van der Waals surface area (Å²) in [6, 6.07) is 6.74. The Hall–Kier alpha value is -1.13. The van der Waals surface area contributed by atoms with Gasteiger partial charge in [-0.15, -0.1) is 0 Å². The molecule has 0 spiro atoms. The van der Waals surface area contributed by atoms with Gasteiger partial charge in [0, 0.05) is 18.0 Å². The standard InChI is InChI=1S/C14H15BrFNO/c1-2-14-10(5-6-18-14)13(17)8-9-3-4-12(16)11(15)7-9/h3-7,13H,2,8,17H2,1H3. The lowest BCUT2D eigenvalue weighted by Crippen LogP contribution is -2.14. The fraction of sp³-hybridized carbons (Fsp3) is 0.286. The smallest absolute Gasteiger partial charge is 0.137 e. The van der Waals surface area contributed by atoms with E-state index in [1.54, 1.807) is 18.4 Å². The molecule has 0 amide bonds. The predicted octanol–water partition coefficient (Wildman–Crippen LogP) is 3.99. The average molecular weight is 312 g/mol. The highest BCUT2D eigenvalue weighted by Crippen LogP contribution is 2.24. The van der Waals surface area contributed by atoms with Crippen LogP contribution in [0.15, 0.2) is 39.4 Å². The largest absolute Gasteiger partial charge is 0.469 e. The van der Waals surface area contributed by atoms with Gasteiger partial charge in [0.15, 0.2) is 0 Å². The fourth-order valence-electron chi connectivity index (χ4n) is 2.00. The minimum atomic E-state index is -0.259. The summed E-state index contributed by atoms with van der Waals surface area (Å²) >= 11 is 3.18. The van der Waals surface area contributed by atoms with Crippen molar-refractivity contribution < 1.29 is 8.81 Å². The van der Waals surface area contributed by atoms with Crippen molar-refractivity contribution in [1.29, 1.82) is 0 Å². The first-order valence-electron chi connectivity index (χ1n) is 5.87. The molecule has 1 heterocycles. The molecule has 0 saturated heterocycles. The summed E-state index contributed by atoms with van der Waals surface area (Å²) in [7, 11) is 0. The summed E-state index contributed by atoms with van der Waals surface area (Å²) in [6.45, 7) is 2.03. The Labute approximate surface area is 114 Å². The number of hydrogen-bond acceptors (Lipinski definition) is 2. The van der Waals surface area contributed by atoms with E-state index in [0.29, 0.717) is 10.9 Å². The maximum atomic E-state index is 13.1. The molecular weight excluding hydrogens is 297 g/mol. The number of hydrogen-bond donors (Lipinski definition) is 1. The van der Waals surface area contributed by atoms with E-state index in [0.717, 1.165) is 23.3 Å². The zero-order valence-corrected chi connectivity index (χ0v) is 11.7. The Kier molecular flexibility index (Phi) is 4.19. The molecule has 2 rings (SSSR count). The van der Waals surface area contributed by atoms with Crippen molar-refractivity contribution in [3.05, 3.63) is 57.7 Å². The van der Waals surface area contributed by atoms with Crippen molar-refractivity contribution in [1.82, 2.24) is 0 Å². The first kappa shape index (κ1) is 13.3. The van der Waals surface area contributed by atoms with E-state index < -0.39 is 0 Å². The van der Waals surface area contributed by atoms with E-state index >= 15 is 0 Å². The van der Waals surface area contributed by atoms with Gasteiger partial charge in [0.05, 0.1) is 10.7 Å². The van der Waals surface area contributed by atoms with Crippen LogP contribution in [0.4, 0.5) is 4.39 Å². The van der Waals surface area contributed by atoms with Gasteiger partial charge in [0.2, 0.25) is 0 Å². The third kappa shape index (κ3) is 2.82. The summed E-state index contributed by atoms with van der Waals surface area (Å²) in [5, 5.41) is 0. The Morgan fingerprint density at radius 3 is 2.83 bits per heavy atom. The number of rotatable bonds is 4. The highest BCUT2D eigenvalue weighted by Gasteiger charge is 2.14. The number of furan rings is 1. The van der Waals surface area contributed by atoms with Crippen LogP contribution in [0.25, 0.3) is 0 Å². The lowest BCUT2D eigenvalue weighted by Gasteiger charge is -2.12. The number of halogens is 2. The molecule has 1 aromatic carbocycles. The molecule has 2 N–H and O–H groups in total. The van der Waals surface area contributed by atoms with Crippen LogP contribution >= 0.6 is 15.9 Å². The van der Waals surface area contributed by atoms with E-state index in [2.05, 4.69) is 15.9 Å². The Morgan fingerprint density at radius 1 is 1.39 bits per heavy atom. The van der Waals surface area contributed by atoms with Gasteiger partial charge in [-0.1, -0.05) is 13.0 Å². The summed E-state index contributed by atoms with van der Waals surface area (Å²) < 4.78 is 19.0. The fourth-order valence-corrected chi connectivity index (χ4v) is 2.42. The van der Waals surface area contributed by atoms with Crippen molar-refractivity contribution in [2.24, 2.45) is 5.73 Å². The molecule has 0 radical (unpaired) electrons. The lowest BCUT2D eigenvalue weighted by molar-refractivity contribution is 0.505. The molecule has 1 atom stereocenters. The molecule has 2 nitrogen and oxygen atoms in total. The predicted molar refractivity (Wildman–Crippen MR) is 72.8 cm³/mol. The van der Waals surface area contributed by atoms with Crippen LogP contribution in [-0.2, 0) is 12.8 Å². The topological polar surface area (TPSA) is 39.2 Å². The molecule has 0 fully saturated rings. The Bertz CT molecular complexity index is 538. The summed E-state index contributed by atoms with van der Waals surface area (Å²) in [6.07, 6.45) is 3.14. The van der Waals surface area contributed by atoms with Gasteiger partial charge in [0.1, 0.15) is 11.6 Å². The lowest BCUT2D eigenvalue weighted by atomic mass is 9.99. The van der Waals surface area contributed by atoms with Gasteiger partial charge in [-0.25, -0.2) is 4.39 Å². The van der Waals surface area contributed by atoms with Gasteiger partial charge < -0.3 is 10.2 Å². The monoisotopic (exact) mass is 311 g/mol. The molecule has 4 heteroatoms. The van der Waals surface area contributed by atoms with Crippen LogP contribution < -0.4 is 5.73 Å². The van der Waals surface area contributed by atoms with Gasteiger partial charge in [0.25, 0.3) is 0 Å². The van der Waals surface area contributed by atoms with Crippen molar-refractivity contribution in [2.75, 3.05) is 0 Å². The SMILES string of the molecule is CCc1occc1C(N)Cc1ccc(F)c(Br)c1. The second kappa shape index (κ2) is 5.67.